The third-order valence-corrected chi connectivity index (χ3v) is 5.36. The third kappa shape index (κ3) is 8.24. The lowest BCUT2D eigenvalue weighted by atomic mass is 10.0. The van der Waals surface area contributed by atoms with E-state index in [0.717, 1.165) is 19.9 Å². The molecule has 174 valence electrons. The Bertz CT molecular complexity index is 1010. The molecule has 0 saturated heterocycles. The fourth-order valence-electron chi connectivity index (χ4n) is 2.72. The normalized spacial score (nSPS) is 14.2. The first-order valence-electron chi connectivity index (χ1n) is 8.98. The first-order valence-corrected chi connectivity index (χ1v) is 11.1. The van der Waals surface area contributed by atoms with Gasteiger partial charge in [0, 0.05) is 19.9 Å². The van der Waals surface area contributed by atoms with Crippen LogP contribution in [0.3, 0.4) is 0 Å². The predicted octanol–water partition coefficient (Wildman–Crippen LogP) is -0.212. The Labute approximate surface area is 189 Å². The Morgan fingerprint density at radius 2 is 1.62 bits per heavy atom. The number of imide groups is 1. The average molecular weight is 487 g/mol. The van der Waals surface area contributed by atoms with E-state index in [0.29, 0.717) is 5.56 Å². The monoisotopic (exact) mass is 486 g/mol. The van der Waals surface area contributed by atoms with Crippen molar-refractivity contribution in [1.82, 2.24) is 10.2 Å². The zero-order valence-electron chi connectivity index (χ0n) is 17.0. The number of ketones is 1. The van der Waals surface area contributed by atoms with Crippen LogP contribution in [0, 0.1) is 0 Å². The molecule has 1 aromatic carbocycles. The average Bonchev–Trinajstić information content (AvgIpc) is 2.67. The number of nitrogens with one attached hydrogen (secondary N) is 1. The highest BCUT2D eigenvalue weighted by atomic mass is 32.2. The predicted molar refractivity (Wildman–Crippen MR) is 116 cm³/mol. The number of rotatable bonds is 10. The highest BCUT2D eigenvalue weighted by molar-refractivity contribution is 7.85. The van der Waals surface area contributed by atoms with E-state index in [9.17, 15) is 37.5 Å². The summed E-state index contributed by atoms with van der Waals surface area (Å²) in [5, 5.41) is 9.61. The molecule has 3 atom stereocenters. The molecule has 0 aromatic heterocycles. The number of Topliss-reactive ketones (excluding diaryl/α,β-unsaturated/α-hetero) is 1. The van der Waals surface area contributed by atoms with Crippen molar-refractivity contribution in [1.29, 1.82) is 0 Å². The van der Waals surface area contributed by atoms with Gasteiger partial charge < -0.3 is 10.4 Å². The molecule has 3 N–H and O–H groups in total. The minimum absolute atomic E-state index is 0.277. The van der Waals surface area contributed by atoms with E-state index in [1.807, 2.05) is 0 Å². The summed E-state index contributed by atoms with van der Waals surface area (Å²) in [6.07, 6.45) is 2.37. The highest BCUT2D eigenvalue weighted by Crippen LogP contribution is 2.16. The maximum absolute atomic E-state index is 12.8. The zero-order chi connectivity index (χ0) is 24.6. The number of carboxylic acid groups (broad SMARTS) is 1. The molecule has 11 nitrogen and oxygen atoms in total. The Kier molecular flexibility index (Phi) is 9.75. The van der Waals surface area contributed by atoms with E-state index in [2.05, 4.69) is 17.9 Å². The van der Waals surface area contributed by atoms with Crippen molar-refractivity contribution in [3.05, 3.63) is 42.0 Å². The zero-order valence-corrected chi connectivity index (χ0v) is 18.7. The number of carbonyl (C=O) groups is 5. The SMILES string of the molecule is CC(=O)N(C(C)=O)[C@H](C(=O)O)[C@H](S)C(=O)[C@H](CS(=O)(=O)O)NC(=O)C=Cc1ccccc1. The number of amides is 3. The summed E-state index contributed by atoms with van der Waals surface area (Å²) < 4.78 is 31.9. The second kappa shape index (κ2) is 11.5. The van der Waals surface area contributed by atoms with Gasteiger partial charge in [0.1, 0.15) is 11.8 Å². The van der Waals surface area contributed by atoms with E-state index in [1.165, 1.54) is 6.08 Å². The first-order chi connectivity index (χ1) is 14.7. The number of carbonyl (C=O) groups excluding carboxylic acids is 4. The summed E-state index contributed by atoms with van der Waals surface area (Å²) in [4.78, 5) is 60.5. The molecule has 1 aromatic rings. The number of carboxylic acids is 1. The van der Waals surface area contributed by atoms with Gasteiger partial charge >= 0.3 is 5.97 Å². The lowest BCUT2D eigenvalue weighted by molar-refractivity contribution is -0.157. The van der Waals surface area contributed by atoms with Crippen molar-refractivity contribution in [3.63, 3.8) is 0 Å². The number of aliphatic carboxylic acids is 1. The van der Waals surface area contributed by atoms with E-state index in [4.69, 9.17) is 4.55 Å². The Balaban J connectivity index is 3.20. The molecular weight excluding hydrogens is 464 g/mol. The summed E-state index contributed by atoms with van der Waals surface area (Å²) in [7, 11) is -4.80. The van der Waals surface area contributed by atoms with Gasteiger partial charge in [-0.15, -0.1) is 0 Å². The number of thiol groups is 1. The van der Waals surface area contributed by atoms with Gasteiger partial charge in [0.15, 0.2) is 11.8 Å². The Hall–Kier alpha value is -3.03. The molecule has 0 aliphatic heterocycles. The Morgan fingerprint density at radius 3 is 2.06 bits per heavy atom. The number of nitrogens with zero attached hydrogens (tertiary/aromatic N) is 1. The molecule has 32 heavy (non-hydrogen) atoms. The first kappa shape index (κ1) is 27.0. The summed E-state index contributed by atoms with van der Waals surface area (Å²) in [6, 6.07) is 4.50. The van der Waals surface area contributed by atoms with Crippen molar-refractivity contribution < 1.29 is 42.0 Å². The molecule has 1 rings (SSSR count). The van der Waals surface area contributed by atoms with Gasteiger partial charge in [0.05, 0.1) is 5.25 Å². The van der Waals surface area contributed by atoms with Crippen molar-refractivity contribution >= 4 is 58.3 Å². The molecule has 0 aliphatic rings. The summed E-state index contributed by atoms with van der Waals surface area (Å²) in [5.74, 6) is -7.17. The van der Waals surface area contributed by atoms with Crippen LogP contribution in [-0.4, -0.2) is 75.5 Å². The van der Waals surface area contributed by atoms with Crippen LogP contribution in [-0.2, 0) is 34.1 Å². The van der Waals surface area contributed by atoms with Gasteiger partial charge in [0.25, 0.3) is 10.1 Å². The van der Waals surface area contributed by atoms with Crippen molar-refractivity contribution in [2.24, 2.45) is 0 Å². The quantitative estimate of drug-likeness (QED) is 0.198. The van der Waals surface area contributed by atoms with E-state index < -0.39 is 62.7 Å². The van der Waals surface area contributed by atoms with Crippen LogP contribution in [0.5, 0.6) is 0 Å². The maximum atomic E-state index is 12.8. The number of hydrogen-bond donors (Lipinski definition) is 4. The highest BCUT2D eigenvalue weighted by Gasteiger charge is 2.42. The largest absolute Gasteiger partial charge is 0.480 e. The fourth-order valence-corrected chi connectivity index (χ4v) is 3.83. The summed E-state index contributed by atoms with van der Waals surface area (Å²) in [6.45, 7) is 1.79. The lowest BCUT2D eigenvalue weighted by Gasteiger charge is -2.30. The minimum atomic E-state index is -4.80. The number of hydrogen-bond acceptors (Lipinski definition) is 8. The van der Waals surface area contributed by atoms with Gasteiger partial charge in [-0.2, -0.15) is 21.0 Å². The van der Waals surface area contributed by atoms with Crippen LogP contribution < -0.4 is 5.32 Å². The minimum Gasteiger partial charge on any atom is -0.480 e. The van der Waals surface area contributed by atoms with E-state index in [1.54, 1.807) is 30.3 Å². The number of benzene rings is 1. The van der Waals surface area contributed by atoms with Gasteiger partial charge in [-0.1, -0.05) is 30.3 Å². The molecule has 0 aliphatic carbocycles. The summed E-state index contributed by atoms with van der Waals surface area (Å²) >= 11 is 3.89. The van der Waals surface area contributed by atoms with E-state index >= 15 is 0 Å². The van der Waals surface area contributed by atoms with Crippen LogP contribution in [0.4, 0.5) is 0 Å². The van der Waals surface area contributed by atoms with Crippen LogP contribution in [0.1, 0.15) is 19.4 Å². The molecule has 0 saturated carbocycles. The van der Waals surface area contributed by atoms with Crippen LogP contribution in [0.25, 0.3) is 6.08 Å². The summed E-state index contributed by atoms with van der Waals surface area (Å²) in [5.41, 5.74) is 0.622. The van der Waals surface area contributed by atoms with Crippen molar-refractivity contribution in [2.45, 2.75) is 31.2 Å². The molecule has 0 radical (unpaired) electrons. The van der Waals surface area contributed by atoms with Gasteiger partial charge in [-0.05, 0) is 11.6 Å². The van der Waals surface area contributed by atoms with Crippen LogP contribution in [0.15, 0.2) is 36.4 Å². The smallest absolute Gasteiger partial charge is 0.328 e. The molecule has 0 unspecified atom stereocenters. The lowest BCUT2D eigenvalue weighted by Crippen LogP contribution is -2.58. The maximum Gasteiger partial charge on any atom is 0.328 e. The van der Waals surface area contributed by atoms with Gasteiger partial charge in [-0.3, -0.25) is 28.6 Å². The topological polar surface area (TPSA) is 175 Å². The van der Waals surface area contributed by atoms with Crippen LogP contribution >= 0.6 is 12.6 Å². The van der Waals surface area contributed by atoms with Crippen molar-refractivity contribution in [3.8, 4) is 0 Å². The standard InChI is InChI=1S/C19H22N2O9S2/c1-11(22)21(12(2)23)16(19(26)27)18(31)17(25)14(10-32(28,29)30)20-15(24)9-8-13-6-4-3-5-7-13/h3-9,14,16,18,31H,10H2,1-2H3,(H,20,24)(H,26,27)(H,28,29,30)/t14-,16-,18-/m0/s1. The van der Waals surface area contributed by atoms with Crippen LogP contribution in [0.2, 0.25) is 0 Å². The molecule has 3 amide bonds. The second-order valence-electron chi connectivity index (χ2n) is 6.59. The van der Waals surface area contributed by atoms with Gasteiger partial charge in [-0.25, -0.2) is 4.79 Å². The molecular formula is C19H22N2O9S2. The molecule has 0 heterocycles. The second-order valence-corrected chi connectivity index (χ2v) is 8.65. The molecule has 0 spiro atoms. The molecule has 0 bridgehead atoms. The van der Waals surface area contributed by atoms with E-state index in [-0.39, 0.29) is 4.90 Å². The molecule has 0 fully saturated rings. The van der Waals surface area contributed by atoms with Crippen molar-refractivity contribution in [2.75, 3.05) is 5.75 Å². The Morgan fingerprint density at radius 1 is 1.09 bits per heavy atom. The molecule has 13 heteroatoms. The fraction of sp³-hybridized carbons (Fsp3) is 0.316. The van der Waals surface area contributed by atoms with Gasteiger partial charge in [0.2, 0.25) is 17.7 Å². The third-order valence-electron chi connectivity index (χ3n) is 4.06.